The lowest BCUT2D eigenvalue weighted by Crippen LogP contribution is -2.13. The van der Waals surface area contributed by atoms with Crippen LogP contribution >= 0.6 is 0 Å². The van der Waals surface area contributed by atoms with Gasteiger partial charge in [-0.1, -0.05) is 38.2 Å². The number of allylic oxidation sites excluding steroid dienone is 6. The van der Waals surface area contributed by atoms with Gasteiger partial charge in [0.1, 0.15) is 5.82 Å². The van der Waals surface area contributed by atoms with Crippen LogP contribution in [-0.4, -0.2) is 35.6 Å². The van der Waals surface area contributed by atoms with E-state index in [0.29, 0.717) is 13.0 Å². The van der Waals surface area contributed by atoms with Gasteiger partial charge in [-0.25, -0.2) is 4.39 Å². The lowest BCUT2D eigenvalue weighted by molar-refractivity contribution is -0.143. The first-order valence-corrected chi connectivity index (χ1v) is 14.2. The second-order valence-corrected chi connectivity index (χ2v) is 9.62. The highest BCUT2D eigenvalue weighted by molar-refractivity contribution is 5.74. The zero-order valence-electron chi connectivity index (χ0n) is 24.9. The van der Waals surface area contributed by atoms with E-state index in [9.17, 15) is 9.18 Å². The van der Waals surface area contributed by atoms with Crippen LogP contribution in [0.15, 0.2) is 71.5 Å². The van der Waals surface area contributed by atoms with E-state index in [1.807, 2.05) is 39.1 Å². The van der Waals surface area contributed by atoms with Gasteiger partial charge in [0.15, 0.2) is 0 Å². The third-order valence-electron chi connectivity index (χ3n) is 6.64. The number of carbonyl (C=O) groups excluding carboxylic acids is 1. The van der Waals surface area contributed by atoms with Crippen LogP contribution in [0, 0.1) is 5.82 Å². The Kier molecular flexibility index (Phi) is 14.4. The molecule has 1 aromatic carbocycles. The van der Waals surface area contributed by atoms with E-state index < -0.39 is 0 Å². The highest BCUT2D eigenvalue weighted by atomic mass is 19.1. The van der Waals surface area contributed by atoms with Gasteiger partial charge in [-0.2, -0.15) is 5.10 Å². The fourth-order valence-electron chi connectivity index (χ4n) is 4.16. The van der Waals surface area contributed by atoms with Crippen LogP contribution in [0.2, 0.25) is 0 Å². The number of aromatic nitrogens is 2. The van der Waals surface area contributed by atoms with Gasteiger partial charge in [0.2, 0.25) is 0 Å². The van der Waals surface area contributed by atoms with Gasteiger partial charge < -0.3 is 10.1 Å². The number of halogens is 1. The quantitative estimate of drug-likeness (QED) is 0.131. The minimum Gasteiger partial charge on any atom is -0.466 e. The first kappa shape index (κ1) is 32.5. The molecule has 0 aliphatic rings. The van der Waals surface area contributed by atoms with Crippen molar-refractivity contribution >= 4 is 18.3 Å². The minimum atomic E-state index is -0.281. The molecule has 2 rings (SSSR count). The van der Waals surface area contributed by atoms with Crippen molar-refractivity contribution in [1.82, 2.24) is 15.1 Å². The van der Waals surface area contributed by atoms with Crippen molar-refractivity contribution in [2.75, 3.05) is 13.7 Å². The van der Waals surface area contributed by atoms with E-state index in [2.05, 4.69) is 53.1 Å². The maximum Gasteiger partial charge on any atom is 0.305 e. The Morgan fingerprint density at radius 1 is 1.20 bits per heavy atom. The molecule has 1 heterocycles. The Balaban J connectivity index is 2.56. The summed E-state index contributed by atoms with van der Waals surface area (Å²) >= 11 is 0. The monoisotopic (exact) mass is 548 g/mol. The maximum atomic E-state index is 13.8. The second kappa shape index (κ2) is 17.8. The van der Waals surface area contributed by atoms with Crippen LogP contribution in [0.25, 0.3) is 17.3 Å². The molecule has 0 aliphatic heterocycles. The summed E-state index contributed by atoms with van der Waals surface area (Å²) in [6.07, 6.45) is 19.9. The summed E-state index contributed by atoms with van der Waals surface area (Å²) in [5.41, 5.74) is 4.86. The number of benzene rings is 1. The third-order valence-corrected chi connectivity index (χ3v) is 6.64. The molecule has 0 bridgehead atoms. The SMILES string of the molecule is C/C=C(\C)N/C=C/C(C=CC=NC)n1nc(-c2ccc(F)cc2)c(/C=C/CCCCC(=O)OCC)c1C(C)CC. The molecule has 0 saturated heterocycles. The molecular formula is C33H45FN4O2. The van der Waals surface area contributed by atoms with Crippen LogP contribution in [0.1, 0.15) is 89.9 Å². The molecule has 0 aliphatic carbocycles. The summed E-state index contributed by atoms with van der Waals surface area (Å²) in [4.78, 5) is 15.8. The Morgan fingerprint density at radius 3 is 2.60 bits per heavy atom. The number of unbranched alkanes of at least 4 members (excludes halogenated alkanes) is 2. The van der Waals surface area contributed by atoms with E-state index in [-0.39, 0.29) is 23.7 Å². The summed E-state index contributed by atoms with van der Waals surface area (Å²) in [5, 5.41) is 8.43. The predicted octanol–water partition coefficient (Wildman–Crippen LogP) is 8.16. The van der Waals surface area contributed by atoms with Gasteiger partial charge >= 0.3 is 5.97 Å². The Labute approximate surface area is 239 Å². The largest absolute Gasteiger partial charge is 0.466 e. The van der Waals surface area contributed by atoms with Gasteiger partial charge in [0, 0.05) is 36.5 Å². The second-order valence-electron chi connectivity index (χ2n) is 9.62. The number of ether oxygens (including phenoxy) is 1. The number of esters is 1. The van der Waals surface area contributed by atoms with Crippen LogP contribution in [0.5, 0.6) is 0 Å². The average molecular weight is 549 g/mol. The molecule has 1 aromatic heterocycles. The van der Waals surface area contributed by atoms with Crippen molar-refractivity contribution in [2.45, 2.75) is 78.7 Å². The lowest BCUT2D eigenvalue weighted by atomic mass is 9.96. The molecular weight excluding hydrogens is 503 g/mol. The number of nitrogens with one attached hydrogen (secondary N) is 1. The first-order valence-electron chi connectivity index (χ1n) is 14.2. The highest BCUT2D eigenvalue weighted by Gasteiger charge is 2.24. The van der Waals surface area contributed by atoms with Gasteiger partial charge in [-0.05, 0) is 95.0 Å². The molecule has 2 aromatic rings. The van der Waals surface area contributed by atoms with E-state index in [1.54, 1.807) is 25.4 Å². The smallest absolute Gasteiger partial charge is 0.305 e. The van der Waals surface area contributed by atoms with Crippen LogP contribution in [-0.2, 0) is 9.53 Å². The molecule has 2 unspecified atom stereocenters. The summed E-state index contributed by atoms with van der Waals surface area (Å²) in [6, 6.07) is 6.32. The molecule has 7 heteroatoms. The third kappa shape index (κ3) is 10.1. The van der Waals surface area contributed by atoms with Gasteiger partial charge in [-0.15, -0.1) is 0 Å². The summed E-state index contributed by atoms with van der Waals surface area (Å²) < 4.78 is 20.9. The normalized spacial score (nSPS) is 14.1. The van der Waals surface area contributed by atoms with Crippen molar-refractivity contribution < 1.29 is 13.9 Å². The molecule has 216 valence electrons. The van der Waals surface area contributed by atoms with Crippen LogP contribution in [0.4, 0.5) is 4.39 Å². The molecule has 0 fully saturated rings. The lowest BCUT2D eigenvalue weighted by Gasteiger charge is -2.18. The number of rotatable bonds is 16. The molecule has 1 N–H and O–H groups in total. The van der Waals surface area contributed by atoms with Gasteiger partial charge in [-0.3, -0.25) is 14.5 Å². The van der Waals surface area contributed by atoms with Crippen molar-refractivity contribution in [2.24, 2.45) is 4.99 Å². The number of hydrogen-bond acceptors (Lipinski definition) is 5. The number of nitrogens with zero attached hydrogens (tertiary/aromatic N) is 3. The van der Waals surface area contributed by atoms with E-state index in [0.717, 1.165) is 53.9 Å². The summed E-state index contributed by atoms with van der Waals surface area (Å²) in [7, 11) is 1.74. The predicted molar refractivity (Wildman–Crippen MR) is 165 cm³/mol. The van der Waals surface area contributed by atoms with Crippen LogP contribution in [0.3, 0.4) is 0 Å². The molecule has 0 radical (unpaired) electrons. The van der Waals surface area contributed by atoms with Crippen molar-refractivity contribution in [1.29, 1.82) is 0 Å². The zero-order valence-corrected chi connectivity index (χ0v) is 24.9. The Morgan fingerprint density at radius 2 is 1.95 bits per heavy atom. The van der Waals surface area contributed by atoms with Crippen molar-refractivity contribution in [3.8, 4) is 11.3 Å². The highest BCUT2D eigenvalue weighted by Crippen LogP contribution is 2.35. The van der Waals surface area contributed by atoms with E-state index in [1.165, 1.54) is 12.1 Å². The molecule has 40 heavy (non-hydrogen) atoms. The standard InChI is InChI=1S/C33H45FN4O2/c1-7-25(4)33-30(16-12-10-11-13-17-31(39)40-9-3)32(27-18-20-28(34)21-19-27)37-38(33)29(15-14-23-35-6)22-24-36-26(5)8-2/h8,12,14-16,18-25,29,36H,7,9-11,13,17H2,1-6H3/b15-14?,16-12+,24-22+,26-8+,35-23?. The number of carbonyl (C=O) groups is 1. The fraction of sp³-hybridized carbons (Fsp3) is 0.424. The van der Waals surface area contributed by atoms with Crippen molar-refractivity contribution in [3.05, 3.63) is 83.6 Å². The average Bonchev–Trinajstić information content (AvgIpc) is 3.33. The van der Waals surface area contributed by atoms with Gasteiger partial charge in [0.25, 0.3) is 0 Å². The molecule has 6 nitrogen and oxygen atoms in total. The fourth-order valence-corrected chi connectivity index (χ4v) is 4.16. The molecule has 0 saturated carbocycles. The van der Waals surface area contributed by atoms with Gasteiger partial charge in [0.05, 0.1) is 24.0 Å². The minimum absolute atomic E-state index is 0.148. The maximum absolute atomic E-state index is 13.8. The van der Waals surface area contributed by atoms with E-state index >= 15 is 0 Å². The molecule has 0 amide bonds. The topological polar surface area (TPSA) is 68.5 Å². The van der Waals surface area contributed by atoms with E-state index in [4.69, 9.17) is 9.84 Å². The molecule has 0 spiro atoms. The number of hydrogen-bond donors (Lipinski definition) is 1. The summed E-state index contributed by atoms with van der Waals surface area (Å²) in [6.45, 7) is 10.6. The Bertz CT molecular complexity index is 1210. The zero-order chi connectivity index (χ0) is 29.3. The van der Waals surface area contributed by atoms with Crippen LogP contribution < -0.4 is 5.32 Å². The molecule has 2 atom stereocenters. The number of aliphatic imine (C=N–C) groups is 1. The summed E-state index contributed by atoms with van der Waals surface area (Å²) in [5.74, 6) is -0.207. The van der Waals surface area contributed by atoms with Crippen molar-refractivity contribution in [3.63, 3.8) is 0 Å². The Hall–Kier alpha value is -3.74. The first-order chi connectivity index (χ1) is 19.4.